The summed E-state index contributed by atoms with van der Waals surface area (Å²) in [7, 11) is 0. The number of nitrogens with two attached hydrogens (primary N) is 1. The van der Waals surface area contributed by atoms with Gasteiger partial charge in [0.25, 0.3) is 0 Å². The molecule has 148 valence electrons. The van der Waals surface area contributed by atoms with Crippen LogP contribution in [0.5, 0.6) is 5.75 Å². The summed E-state index contributed by atoms with van der Waals surface area (Å²) in [5.74, 6) is -2.27. The topological polar surface area (TPSA) is 156 Å². The first-order valence-electron chi connectivity index (χ1n) is 8.46. The van der Waals surface area contributed by atoms with Gasteiger partial charge in [0.2, 0.25) is 11.7 Å². The molecule has 9 nitrogen and oxygen atoms in total. The number of benzene rings is 1. The van der Waals surface area contributed by atoms with Gasteiger partial charge < -0.3 is 25.3 Å². The Morgan fingerprint density at radius 1 is 1.18 bits per heavy atom. The van der Waals surface area contributed by atoms with Crippen molar-refractivity contribution in [2.45, 2.75) is 26.3 Å². The highest BCUT2D eigenvalue weighted by Crippen LogP contribution is 2.17. The lowest BCUT2D eigenvalue weighted by molar-refractivity contribution is -0.141. The van der Waals surface area contributed by atoms with Crippen molar-refractivity contribution in [1.82, 2.24) is 5.32 Å². The van der Waals surface area contributed by atoms with Gasteiger partial charge >= 0.3 is 11.9 Å². The Balaban J connectivity index is 1.95. The van der Waals surface area contributed by atoms with E-state index in [-0.39, 0.29) is 23.8 Å². The Morgan fingerprint density at radius 3 is 2.39 bits per heavy atom. The highest BCUT2D eigenvalue weighted by molar-refractivity contribution is 5.95. The molecule has 1 amide bonds. The van der Waals surface area contributed by atoms with Crippen molar-refractivity contribution in [3.8, 4) is 5.75 Å². The second-order valence-electron chi connectivity index (χ2n) is 6.27. The first-order chi connectivity index (χ1) is 13.2. The number of nitrogen functional groups attached to an aromatic ring is 1. The minimum Gasteiger partial charge on any atom is -0.480 e. The summed E-state index contributed by atoms with van der Waals surface area (Å²) >= 11 is 0. The smallest absolute Gasteiger partial charge is 0.379 e. The maximum absolute atomic E-state index is 12.2. The van der Waals surface area contributed by atoms with Gasteiger partial charge in [-0.15, -0.1) is 0 Å². The molecule has 2 atom stereocenters. The zero-order valence-corrected chi connectivity index (χ0v) is 15.4. The molecule has 9 heteroatoms. The molecule has 1 aromatic carbocycles. The van der Waals surface area contributed by atoms with Gasteiger partial charge in [0.05, 0.1) is 0 Å². The number of carboxylic acids is 1. The third-order valence-electron chi connectivity index (χ3n) is 3.92. The van der Waals surface area contributed by atoms with Gasteiger partial charge in [0, 0.05) is 17.9 Å². The van der Waals surface area contributed by atoms with E-state index in [4.69, 9.17) is 25.4 Å². The van der Waals surface area contributed by atoms with E-state index in [0.29, 0.717) is 11.3 Å². The van der Waals surface area contributed by atoms with E-state index < -0.39 is 29.8 Å². The first kappa shape index (κ1) is 20.7. The second-order valence-corrected chi connectivity index (χ2v) is 6.27. The molecule has 0 saturated carbocycles. The molecule has 2 aromatic rings. The van der Waals surface area contributed by atoms with Crippen molar-refractivity contribution < 1.29 is 28.6 Å². The quantitative estimate of drug-likeness (QED) is 0.232. The van der Waals surface area contributed by atoms with E-state index in [1.807, 2.05) is 0 Å². The number of esters is 1. The van der Waals surface area contributed by atoms with Crippen LogP contribution in [-0.4, -0.2) is 34.8 Å². The Morgan fingerprint density at radius 2 is 1.82 bits per heavy atom. The molecule has 0 aliphatic heterocycles. The summed E-state index contributed by atoms with van der Waals surface area (Å²) in [5.41, 5.74) is 5.87. The number of furan rings is 1. The highest BCUT2D eigenvalue weighted by Gasteiger charge is 2.21. The number of ether oxygens (including phenoxy) is 1. The van der Waals surface area contributed by atoms with E-state index in [2.05, 4.69) is 5.32 Å². The number of amidine groups is 1. The summed E-state index contributed by atoms with van der Waals surface area (Å²) in [6, 6.07) is 8.12. The minimum absolute atomic E-state index is 0.0304. The van der Waals surface area contributed by atoms with Crippen LogP contribution in [0, 0.1) is 11.3 Å². The molecule has 0 fully saturated rings. The Kier molecular flexibility index (Phi) is 6.54. The maximum atomic E-state index is 12.2. The van der Waals surface area contributed by atoms with Crippen LogP contribution in [0.25, 0.3) is 0 Å². The van der Waals surface area contributed by atoms with Crippen molar-refractivity contribution in [2.75, 3.05) is 0 Å². The van der Waals surface area contributed by atoms with Crippen molar-refractivity contribution in [3.63, 3.8) is 0 Å². The standard InChI is InChI=1S/C19H21N3O6/c1-10(17(23)22-11(2)18(24)25)9-14-7-8-15(27-14)19(26)28-13-5-3-12(4-6-13)16(20)21/h3-8,10-11H,9H2,1-2H3,(H3,20,21)(H,22,23)(H,24,25)/t10?,11-/m0/s1. The predicted octanol–water partition coefficient (Wildman–Crippen LogP) is 1.55. The number of nitrogens with one attached hydrogen (secondary N) is 2. The summed E-state index contributed by atoms with van der Waals surface area (Å²) in [4.78, 5) is 34.9. The van der Waals surface area contributed by atoms with Crippen LogP contribution in [0.2, 0.25) is 0 Å². The van der Waals surface area contributed by atoms with Gasteiger partial charge in [-0.25, -0.2) is 4.79 Å². The van der Waals surface area contributed by atoms with Crippen LogP contribution in [0.15, 0.2) is 40.8 Å². The molecule has 1 unspecified atom stereocenters. The molecule has 28 heavy (non-hydrogen) atoms. The van der Waals surface area contributed by atoms with Gasteiger partial charge in [-0.2, -0.15) is 0 Å². The van der Waals surface area contributed by atoms with Crippen LogP contribution in [-0.2, 0) is 16.0 Å². The molecule has 1 heterocycles. The second kappa shape index (κ2) is 8.85. The Hall–Kier alpha value is -3.62. The fraction of sp³-hybridized carbons (Fsp3) is 0.263. The molecule has 5 N–H and O–H groups in total. The number of aliphatic carboxylic acids is 1. The van der Waals surface area contributed by atoms with Gasteiger partial charge in [-0.1, -0.05) is 6.92 Å². The van der Waals surface area contributed by atoms with Gasteiger partial charge in [0.1, 0.15) is 23.4 Å². The molecule has 0 aliphatic carbocycles. The lowest BCUT2D eigenvalue weighted by Gasteiger charge is -2.13. The summed E-state index contributed by atoms with van der Waals surface area (Å²) < 4.78 is 10.6. The molecule has 1 aromatic heterocycles. The van der Waals surface area contributed by atoms with E-state index in [9.17, 15) is 14.4 Å². The molecule has 0 radical (unpaired) electrons. The number of carboxylic acid groups (broad SMARTS) is 1. The summed E-state index contributed by atoms with van der Waals surface area (Å²) in [6.45, 7) is 3.00. The van der Waals surface area contributed by atoms with Crippen LogP contribution in [0.3, 0.4) is 0 Å². The van der Waals surface area contributed by atoms with Crippen molar-refractivity contribution in [1.29, 1.82) is 5.41 Å². The van der Waals surface area contributed by atoms with Crippen LogP contribution < -0.4 is 15.8 Å². The monoisotopic (exact) mass is 387 g/mol. The molecular weight excluding hydrogens is 366 g/mol. The number of carbonyl (C=O) groups excluding carboxylic acids is 2. The normalized spacial score (nSPS) is 12.6. The average Bonchev–Trinajstić information content (AvgIpc) is 3.10. The number of carbonyl (C=O) groups is 3. The predicted molar refractivity (Wildman–Crippen MR) is 99.2 cm³/mol. The van der Waals surface area contributed by atoms with Crippen LogP contribution in [0.4, 0.5) is 0 Å². The molecular formula is C19H21N3O6. The van der Waals surface area contributed by atoms with Crippen molar-refractivity contribution in [3.05, 3.63) is 53.5 Å². The Labute approximate surface area is 161 Å². The highest BCUT2D eigenvalue weighted by atomic mass is 16.5. The average molecular weight is 387 g/mol. The largest absolute Gasteiger partial charge is 0.480 e. The molecule has 0 bridgehead atoms. The van der Waals surface area contributed by atoms with E-state index in [1.165, 1.54) is 25.1 Å². The summed E-state index contributed by atoms with van der Waals surface area (Å²) in [5, 5.41) is 18.5. The fourth-order valence-electron chi connectivity index (χ4n) is 2.27. The van der Waals surface area contributed by atoms with Gasteiger partial charge in [-0.3, -0.25) is 15.0 Å². The Bertz CT molecular complexity index is 887. The van der Waals surface area contributed by atoms with Gasteiger partial charge in [0.15, 0.2) is 0 Å². The number of amides is 1. The summed E-state index contributed by atoms with van der Waals surface area (Å²) in [6.07, 6.45) is 0.193. The van der Waals surface area contributed by atoms with Crippen LogP contribution in [0.1, 0.15) is 35.7 Å². The van der Waals surface area contributed by atoms with E-state index in [0.717, 1.165) is 0 Å². The van der Waals surface area contributed by atoms with Gasteiger partial charge in [-0.05, 0) is 43.3 Å². The fourth-order valence-corrected chi connectivity index (χ4v) is 2.27. The zero-order chi connectivity index (χ0) is 20.8. The molecule has 2 rings (SSSR count). The maximum Gasteiger partial charge on any atom is 0.379 e. The third-order valence-corrected chi connectivity index (χ3v) is 3.92. The molecule has 0 spiro atoms. The van der Waals surface area contributed by atoms with Crippen LogP contribution >= 0.6 is 0 Å². The SMILES string of the molecule is CC(Cc1ccc(C(=O)Oc2ccc(C(=N)N)cc2)o1)C(=O)N[C@@H](C)C(=O)O. The molecule has 0 aliphatic rings. The van der Waals surface area contributed by atoms with E-state index >= 15 is 0 Å². The van der Waals surface area contributed by atoms with Crippen molar-refractivity contribution >= 4 is 23.7 Å². The lowest BCUT2D eigenvalue weighted by Crippen LogP contribution is -2.41. The number of hydrogen-bond acceptors (Lipinski definition) is 6. The molecule has 0 saturated heterocycles. The minimum atomic E-state index is -1.13. The number of hydrogen-bond donors (Lipinski definition) is 4. The first-order valence-corrected chi connectivity index (χ1v) is 8.46. The zero-order valence-electron chi connectivity index (χ0n) is 15.4. The number of rotatable bonds is 8. The third kappa shape index (κ3) is 5.44. The van der Waals surface area contributed by atoms with Crippen molar-refractivity contribution in [2.24, 2.45) is 11.7 Å². The van der Waals surface area contributed by atoms with E-state index in [1.54, 1.807) is 25.1 Å². The lowest BCUT2D eigenvalue weighted by atomic mass is 10.1.